The van der Waals surface area contributed by atoms with Crippen LogP contribution >= 0.6 is 11.8 Å². The number of carbonyl (C=O) groups is 1. The van der Waals surface area contributed by atoms with E-state index < -0.39 is 0 Å². The van der Waals surface area contributed by atoms with Gasteiger partial charge in [0.2, 0.25) is 0 Å². The number of ether oxygens (including phenoxy) is 2. The van der Waals surface area contributed by atoms with Gasteiger partial charge >= 0.3 is 5.97 Å². The number of thioether (sulfide) groups is 1. The molecule has 0 aliphatic carbocycles. The van der Waals surface area contributed by atoms with Gasteiger partial charge in [-0.1, -0.05) is 24.3 Å². The highest BCUT2D eigenvalue weighted by Gasteiger charge is 2.05. The Balaban J connectivity index is 2.04. The highest BCUT2D eigenvalue weighted by atomic mass is 32.2. The van der Waals surface area contributed by atoms with Gasteiger partial charge in [-0.05, 0) is 41.5 Å². The highest BCUT2D eigenvalue weighted by molar-refractivity contribution is 7.99. The van der Waals surface area contributed by atoms with Crippen LogP contribution in [0.1, 0.15) is 15.9 Å². The van der Waals surface area contributed by atoms with Crippen LogP contribution in [0.25, 0.3) is 6.08 Å². The minimum absolute atomic E-state index is 0.0181. The van der Waals surface area contributed by atoms with E-state index >= 15 is 0 Å². The molecule has 0 amide bonds. The van der Waals surface area contributed by atoms with Crippen LogP contribution in [-0.2, 0) is 4.74 Å². The third-order valence-electron chi connectivity index (χ3n) is 3.37. The van der Waals surface area contributed by atoms with Crippen LogP contribution in [0, 0.1) is 0 Å². The largest absolute Gasteiger partial charge is 0.497 e. The van der Waals surface area contributed by atoms with Crippen molar-refractivity contribution in [3.63, 3.8) is 0 Å². The molecule has 2 rings (SSSR count). The second-order valence-corrected chi connectivity index (χ2v) is 6.09. The molecule has 0 bridgehead atoms. The van der Waals surface area contributed by atoms with Gasteiger partial charge in [0.25, 0.3) is 0 Å². The lowest BCUT2D eigenvalue weighted by Gasteiger charge is -2.07. The number of methoxy groups -OCH3 is 2. The number of rotatable bonds is 7. The summed E-state index contributed by atoms with van der Waals surface area (Å²) in [6, 6.07) is 14.9. The average Bonchev–Trinajstić information content (AvgIpc) is 2.65. The molecular formula is C19H20O4S. The number of aliphatic hydroxyl groups excluding tert-OH is 1. The summed E-state index contributed by atoms with van der Waals surface area (Å²) >= 11 is 1.63. The Labute approximate surface area is 146 Å². The van der Waals surface area contributed by atoms with Gasteiger partial charge in [-0.15, -0.1) is 11.8 Å². The van der Waals surface area contributed by atoms with Crippen molar-refractivity contribution in [2.75, 3.05) is 26.6 Å². The summed E-state index contributed by atoms with van der Waals surface area (Å²) in [6.45, 7) is -0.0181. The predicted octanol–water partition coefficient (Wildman–Crippen LogP) is 3.65. The average molecular weight is 344 g/mol. The standard InChI is InChI=1S/C19H20O4S/c1-22-17-4-3-5-18(11-17)24-13-15(12-20)10-14-6-8-16(9-7-14)19(21)23-2/h3-11,20H,12-13H2,1-2H3. The van der Waals surface area contributed by atoms with Crippen LogP contribution in [0.2, 0.25) is 0 Å². The van der Waals surface area contributed by atoms with Crippen molar-refractivity contribution < 1.29 is 19.4 Å². The summed E-state index contributed by atoms with van der Waals surface area (Å²) in [5.74, 6) is 1.12. The van der Waals surface area contributed by atoms with E-state index in [9.17, 15) is 9.90 Å². The van der Waals surface area contributed by atoms with Crippen LogP contribution in [0.3, 0.4) is 0 Å². The van der Waals surface area contributed by atoms with Crippen molar-refractivity contribution in [2.45, 2.75) is 4.90 Å². The Morgan fingerprint density at radius 1 is 1.17 bits per heavy atom. The quantitative estimate of drug-likeness (QED) is 0.614. The SMILES string of the molecule is COC(=O)c1ccc(C=C(CO)CSc2cccc(OC)c2)cc1. The first kappa shape index (κ1) is 18.1. The lowest BCUT2D eigenvalue weighted by molar-refractivity contribution is 0.0600. The Morgan fingerprint density at radius 2 is 1.92 bits per heavy atom. The molecule has 0 atom stereocenters. The summed E-state index contributed by atoms with van der Waals surface area (Å²) in [6.07, 6.45) is 1.92. The van der Waals surface area contributed by atoms with E-state index in [4.69, 9.17) is 4.74 Å². The topological polar surface area (TPSA) is 55.8 Å². The number of hydrogen-bond donors (Lipinski definition) is 1. The molecule has 0 heterocycles. The molecule has 24 heavy (non-hydrogen) atoms. The summed E-state index contributed by atoms with van der Waals surface area (Å²) in [4.78, 5) is 12.5. The molecule has 0 aliphatic heterocycles. The van der Waals surface area contributed by atoms with E-state index in [1.807, 2.05) is 42.5 Å². The summed E-state index contributed by atoms with van der Waals surface area (Å²) < 4.78 is 9.89. The normalized spacial score (nSPS) is 11.2. The lowest BCUT2D eigenvalue weighted by Crippen LogP contribution is -2.00. The minimum Gasteiger partial charge on any atom is -0.497 e. The molecule has 0 fully saturated rings. The van der Waals surface area contributed by atoms with Gasteiger partial charge in [0, 0.05) is 10.6 Å². The van der Waals surface area contributed by atoms with E-state index in [1.54, 1.807) is 31.0 Å². The fraction of sp³-hybridized carbons (Fsp3) is 0.211. The number of carbonyl (C=O) groups excluding carboxylic acids is 1. The number of aliphatic hydroxyl groups is 1. The van der Waals surface area contributed by atoms with Gasteiger partial charge in [0.15, 0.2) is 0 Å². The molecule has 2 aromatic rings. The van der Waals surface area contributed by atoms with Crippen LogP contribution in [0.5, 0.6) is 5.75 Å². The van der Waals surface area contributed by atoms with Gasteiger partial charge in [-0.25, -0.2) is 4.79 Å². The third-order valence-corrected chi connectivity index (χ3v) is 4.47. The Kier molecular flexibility index (Phi) is 6.90. The molecule has 0 unspecified atom stereocenters. The first-order valence-electron chi connectivity index (χ1n) is 7.42. The number of hydrogen-bond acceptors (Lipinski definition) is 5. The fourth-order valence-electron chi connectivity index (χ4n) is 2.07. The maximum absolute atomic E-state index is 11.4. The molecular weight excluding hydrogens is 324 g/mol. The fourth-order valence-corrected chi connectivity index (χ4v) is 2.97. The molecule has 0 saturated carbocycles. The summed E-state index contributed by atoms with van der Waals surface area (Å²) in [7, 11) is 3.00. The van der Waals surface area contributed by atoms with Gasteiger partial charge in [-0.2, -0.15) is 0 Å². The number of esters is 1. The molecule has 5 heteroatoms. The predicted molar refractivity (Wildman–Crippen MR) is 96.6 cm³/mol. The third kappa shape index (κ3) is 5.15. The monoisotopic (exact) mass is 344 g/mol. The van der Waals surface area contributed by atoms with Crippen LogP contribution < -0.4 is 4.74 Å². The summed E-state index contributed by atoms with van der Waals surface area (Å²) in [5, 5.41) is 9.57. The summed E-state index contributed by atoms with van der Waals surface area (Å²) in [5.41, 5.74) is 2.33. The van der Waals surface area contributed by atoms with Crippen molar-refractivity contribution in [3.05, 3.63) is 65.2 Å². The van der Waals surface area contributed by atoms with Gasteiger partial charge < -0.3 is 14.6 Å². The Morgan fingerprint density at radius 3 is 2.54 bits per heavy atom. The lowest BCUT2D eigenvalue weighted by atomic mass is 10.1. The zero-order valence-corrected chi connectivity index (χ0v) is 14.5. The van der Waals surface area contributed by atoms with Gasteiger partial charge in [0.1, 0.15) is 5.75 Å². The van der Waals surface area contributed by atoms with Crippen molar-refractivity contribution in [1.29, 1.82) is 0 Å². The van der Waals surface area contributed by atoms with Crippen molar-refractivity contribution >= 4 is 23.8 Å². The minimum atomic E-state index is -0.360. The smallest absolute Gasteiger partial charge is 0.337 e. The molecule has 0 saturated heterocycles. The van der Waals surface area contributed by atoms with Gasteiger partial charge in [-0.3, -0.25) is 0 Å². The molecule has 126 valence electrons. The maximum atomic E-state index is 11.4. The van der Waals surface area contributed by atoms with Crippen LogP contribution in [0.4, 0.5) is 0 Å². The molecule has 4 nitrogen and oxygen atoms in total. The van der Waals surface area contributed by atoms with Gasteiger partial charge in [0.05, 0.1) is 26.4 Å². The van der Waals surface area contributed by atoms with Crippen molar-refractivity contribution in [3.8, 4) is 5.75 Å². The molecule has 0 aromatic heterocycles. The molecule has 0 radical (unpaired) electrons. The Bertz CT molecular complexity index is 708. The van der Waals surface area contributed by atoms with Crippen molar-refractivity contribution in [1.82, 2.24) is 0 Å². The van der Waals surface area contributed by atoms with E-state index in [1.165, 1.54) is 7.11 Å². The molecule has 1 N–H and O–H groups in total. The second kappa shape index (κ2) is 9.15. The van der Waals surface area contributed by atoms with E-state index in [2.05, 4.69) is 4.74 Å². The van der Waals surface area contributed by atoms with E-state index in [0.29, 0.717) is 11.3 Å². The van der Waals surface area contributed by atoms with Crippen LogP contribution in [0.15, 0.2) is 59.0 Å². The molecule has 0 spiro atoms. The Hall–Kier alpha value is -2.24. The highest BCUT2D eigenvalue weighted by Crippen LogP contribution is 2.25. The van der Waals surface area contributed by atoms with Crippen molar-refractivity contribution in [2.24, 2.45) is 0 Å². The zero-order valence-electron chi connectivity index (χ0n) is 13.7. The zero-order chi connectivity index (χ0) is 17.4. The number of benzene rings is 2. The van der Waals surface area contributed by atoms with E-state index in [0.717, 1.165) is 21.8 Å². The van der Waals surface area contributed by atoms with E-state index in [-0.39, 0.29) is 12.6 Å². The van der Waals surface area contributed by atoms with Crippen LogP contribution in [-0.4, -0.2) is 37.7 Å². The second-order valence-electron chi connectivity index (χ2n) is 5.04. The first-order chi connectivity index (χ1) is 11.7. The maximum Gasteiger partial charge on any atom is 0.337 e. The molecule has 0 aliphatic rings. The molecule has 2 aromatic carbocycles. The first-order valence-corrected chi connectivity index (χ1v) is 8.40.